The molecule has 1 aromatic heterocycles. The first-order valence-electron chi connectivity index (χ1n) is 3.88. The van der Waals surface area contributed by atoms with Crippen LogP contribution in [0.25, 0.3) is 0 Å². The molecule has 1 rings (SSSR count). The van der Waals surface area contributed by atoms with Crippen LogP contribution < -0.4 is 4.74 Å². The van der Waals surface area contributed by atoms with E-state index >= 15 is 0 Å². The molecule has 4 nitrogen and oxygen atoms in total. The number of carboxylic acids is 1. The minimum atomic E-state index is -4.55. The van der Waals surface area contributed by atoms with E-state index in [-0.39, 0.29) is 0 Å². The van der Waals surface area contributed by atoms with Gasteiger partial charge in [-0.3, -0.25) is 0 Å². The van der Waals surface area contributed by atoms with Gasteiger partial charge in [0.2, 0.25) is 0 Å². The lowest BCUT2D eigenvalue weighted by Crippen LogP contribution is -2.19. The number of hydrogen-bond donors (Lipinski definition) is 1. The van der Waals surface area contributed by atoms with Gasteiger partial charge in [-0.05, 0) is 0 Å². The number of rotatable bonds is 3. The Morgan fingerprint density at radius 2 is 2.12 bits per heavy atom. The molecule has 0 saturated carbocycles. The Kier molecular flexibility index (Phi) is 3.31. The Hall–Kier alpha value is -1.86. The largest absolute Gasteiger partial charge is 0.482 e. The second-order valence-electron chi connectivity index (χ2n) is 2.71. The van der Waals surface area contributed by atoms with E-state index < -0.39 is 36.0 Å². The molecular weight excluding hydrogens is 234 g/mol. The highest BCUT2D eigenvalue weighted by Gasteiger charge is 2.28. The number of ether oxygens (including phenoxy) is 1. The zero-order chi connectivity index (χ0) is 12.3. The highest BCUT2D eigenvalue weighted by Crippen LogP contribution is 2.19. The van der Waals surface area contributed by atoms with Crippen molar-refractivity contribution in [3.8, 4) is 5.75 Å². The zero-order valence-corrected chi connectivity index (χ0v) is 7.58. The maximum absolute atomic E-state index is 12.9. The van der Waals surface area contributed by atoms with Crippen LogP contribution in [0.2, 0.25) is 0 Å². The van der Waals surface area contributed by atoms with Crippen molar-refractivity contribution < 1.29 is 32.2 Å². The van der Waals surface area contributed by atoms with Crippen LogP contribution in [-0.4, -0.2) is 28.8 Å². The summed E-state index contributed by atoms with van der Waals surface area (Å²) >= 11 is 0. The summed E-state index contributed by atoms with van der Waals surface area (Å²) in [7, 11) is 0. The number of carboxylic acid groups (broad SMARTS) is 1. The normalized spacial score (nSPS) is 11.2. The van der Waals surface area contributed by atoms with Gasteiger partial charge < -0.3 is 9.84 Å². The van der Waals surface area contributed by atoms with Crippen LogP contribution in [0.5, 0.6) is 5.75 Å². The molecule has 0 bridgehead atoms. The minimum Gasteiger partial charge on any atom is -0.482 e. The summed E-state index contributed by atoms with van der Waals surface area (Å²) in [5, 5.41) is 8.39. The highest BCUT2D eigenvalue weighted by atomic mass is 19.4. The molecule has 0 radical (unpaired) electrons. The molecule has 0 saturated heterocycles. The predicted octanol–water partition coefficient (Wildman–Crippen LogP) is 1.86. The molecule has 16 heavy (non-hydrogen) atoms. The lowest BCUT2D eigenvalue weighted by molar-refractivity contribution is -0.153. The van der Waals surface area contributed by atoms with E-state index in [1.54, 1.807) is 0 Å². The number of aromatic nitrogens is 1. The molecule has 1 N–H and O–H groups in total. The van der Waals surface area contributed by atoms with Gasteiger partial charge in [0.15, 0.2) is 18.1 Å². The van der Waals surface area contributed by atoms with Crippen molar-refractivity contribution in [3.05, 3.63) is 23.8 Å². The molecule has 0 aliphatic rings. The first kappa shape index (κ1) is 12.2. The van der Waals surface area contributed by atoms with Crippen molar-refractivity contribution >= 4 is 5.97 Å². The molecular formula is C8H5F4NO3. The number of carbonyl (C=O) groups is 1. The molecule has 0 aliphatic carbocycles. The SMILES string of the molecule is O=C(O)c1ncc(OCC(F)(F)F)cc1F. The van der Waals surface area contributed by atoms with Gasteiger partial charge in [0.1, 0.15) is 5.75 Å². The standard InChI is InChI=1S/C8H5F4NO3/c9-5-1-4(16-3-8(10,11)12)2-13-6(5)7(14)15/h1-2H,3H2,(H,14,15). The molecule has 1 aromatic rings. The van der Waals surface area contributed by atoms with Crippen molar-refractivity contribution in [2.45, 2.75) is 6.18 Å². The number of pyridine rings is 1. The topological polar surface area (TPSA) is 59.4 Å². The fourth-order valence-corrected chi connectivity index (χ4v) is 0.822. The molecule has 0 unspecified atom stereocenters. The number of nitrogens with zero attached hydrogens (tertiary/aromatic N) is 1. The molecule has 0 spiro atoms. The van der Waals surface area contributed by atoms with E-state index in [0.29, 0.717) is 12.3 Å². The van der Waals surface area contributed by atoms with Crippen molar-refractivity contribution in [2.75, 3.05) is 6.61 Å². The minimum absolute atomic E-state index is 0.486. The average molecular weight is 239 g/mol. The lowest BCUT2D eigenvalue weighted by atomic mass is 10.3. The van der Waals surface area contributed by atoms with Gasteiger partial charge in [-0.25, -0.2) is 14.2 Å². The van der Waals surface area contributed by atoms with Crippen LogP contribution in [0.4, 0.5) is 17.6 Å². The predicted molar refractivity (Wildman–Crippen MR) is 42.7 cm³/mol. The van der Waals surface area contributed by atoms with Crippen LogP contribution in [0.3, 0.4) is 0 Å². The van der Waals surface area contributed by atoms with Crippen LogP contribution in [-0.2, 0) is 0 Å². The summed E-state index contributed by atoms with van der Waals surface area (Å²) in [5.41, 5.74) is -0.876. The summed E-state index contributed by atoms with van der Waals surface area (Å²) in [6, 6.07) is 0.530. The second-order valence-corrected chi connectivity index (χ2v) is 2.71. The third-order valence-electron chi connectivity index (χ3n) is 1.42. The summed E-state index contributed by atoms with van der Waals surface area (Å²) < 4.78 is 52.2. The van der Waals surface area contributed by atoms with Gasteiger partial charge in [0, 0.05) is 6.07 Å². The summed E-state index contributed by atoms with van der Waals surface area (Å²) in [6.07, 6.45) is -3.85. The molecule has 0 amide bonds. The van der Waals surface area contributed by atoms with E-state index in [9.17, 15) is 22.4 Å². The first-order chi connectivity index (χ1) is 7.29. The Balaban J connectivity index is 2.78. The van der Waals surface area contributed by atoms with Crippen LogP contribution in [0.1, 0.15) is 10.5 Å². The Morgan fingerprint density at radius 1 is 1.50 bits per heavy atom. The van der Waals surface area contributed by atoms with Gasteiger partial charge in [0.25, 0.3) is 0 Å². The van der Waals surface area contributed by atoms with Crippen molar-refractivity contribution in [3.63, 3.8) is 0 Å². The Morgan fingerprint density at radius 3 is 2.56 bits per heavy atom. The zero-order valence-electron chi connectivity index (χ0n) is 7.58. The van der Waals surface area contributed by atoms with Crippen molar-refractivity contribution in [2.24, 2.45) is 0 Å². The van der Waals surface area contributed by atoms with Crippen LogP contribution in [0.15, 0.2) is 12.3 Å². The summed E-state index contributed by atoms with van der Waals surface area (Å²) in [6.45, 7) is -1.60. The monoisotopic (exact) mass is 239 g/mol. The molecule has 0 aromatic carbocycles. The molecule has 0 atom stereocenters. The number of hydrogen-bond acceptors (Lipinski definition) is 3. The maximum atomic E-state index is 12.9. The van der Waals surface area contributed by atoms with Gasteiger partial charge in [-0.15, -0.1) is 0 Å². The first-order valence-corrected chi connectivity index (χ1v) is 3.88. The average Bonchev–Trinajstić information content (AvgIpc) is 2.13. The Labute approximate surface area is 86.5 Å². The highest BCUT2D eigenvalue weighted by molar-refractivity contribution is 5.85. The smallest absolute Gasteiger partial charge is 0.422 e. The van der Waals surface area contributed by atoms with Crippen LogP contribution >= 0.6 is 0 Å². The maximum Gasteiger partial charge on any atom is 0.422 e. The van der Waals surface area contributed by atoms with E-state index in [0.717, 1.165) is 0 Å². The number of aromatic carboxylic acids is 1. The fourth-order valence-electron chi connectivity index (χ4n) is 0.822. The van der Waals surface area contributed by atoms with E-state index in [2.05, 4.69) is 9.72 Å². The molecule has 1 heterocycles. The third kappa shape index (κ3) is 3.37. The van der Waals surface area contributed by atoms with E-state index in [1.807, 2.05) is 0 Å². The van der Waals surface area contributed by atoms with Gasteiger partial charge in [-0.1, -0.05) is 0 Å². The Bertz CT molecular complexity index is 405. The molecule has 88 valence electrons. The molecule has 0 fully saturated rings. The van der Waals surface area contributed by atoms with Gasteiger partial charge in [-0.2, -0.15) is 13.2 Å². The number of alkyl halides is 3. The summed E-state index contributed by atoms with van der Waals surface area (Å²) in [4.78, 5) is 13.4. The third-order valence-corrected chi connectivity index (χ3v) is 1.42. The van der Waals surface area contributed by atoms with Crippen molar-refractivity contribution in [1.29, 1.82) is 0 Å². The van der Waals surface area contributed by atoms with Crippen LogP contribution in [0, 0.1) is 5.82 Å². The fraction of sp³-hybridized carbons (Fsp3) is 0.250. The summed E-state index contributed by atoms with van der Waals surface area (Å²) in [5.74, 6) is -3.35. The quantitative estimate of drug-likeness (QED) is 0.818. The van der Waals surface area contributed by atoms with Crippen molar-refractivity contribution in [1.82, 2.24) is 4.98 Å². The second kappa shape index (κ2) is 4.33. The van der Waals surface area contributed by atoms with Gasteiger partial charge in [0.05, 0.1) is 6.20 Å². The molecule has 8 heteroatoms. The van der Waals surface area contributed by atoms with E-state index in [4.69, 9.17) is 5.11 Å². The molecule has 0 aliphatic heterocycles. The lowest BCUT2D eigenvalue weighted by Gasteiger charge is -2.08. The van der Waals surface area contributed by atoms with E-state index in [1.165, 1.54) is 0 Å². The number of halogens is 4. The van der Waals surface area contributed by atoms with Gasteiger partial charge >= 0.3 is 12.1 Å².